The number of nitrogens with zero attached hydrogens (tertiary/aromatic N) is 1. The number of rotatable bonds is 2. The Bertz CT molecular complexity index is 549. The summed E-state index contributed by atoms with van der Waals surface area (Å²) in [5.41, 5.74) is 5.45. The Labute approximate surface area is 134 Å². The van der Waals surface area contributed by atoms with Crippen LogP contribution in [0.1, 0.15) is 23.7 Å². The second kappa shape index (κ2) is 5.40. The molecule has 1 aromatic rings. The van der Waals surface area contributed by atoms with Crippen LogP contribution in [0.5, 0.6) is 0 Å². The van der Waals surface area contributed by atoms with Crippen molar-refractivity contribution in [3.8, 4) is 0 Å². The summed E-state index contributed by atoms with van der Waals surface area (Å²) in [4.78, 5) is 25.6. The molecule has 1 heterocycles. The Morgan fingerprint density at radius 2 is 2.16 bits per heavy atom. The van der Waals surface area contributed by atoms with E-state index in [4.69, 9.17) is 5.73 Å². The minimum atomic E-state index is -0.604. The number of hydrogen-bond donors (Lipinski definition) is 1. The zero-order chi connectivity index (χ0) is 14.2. The summed E-state index contributed by atoms with van der Waals surface area (Å²) in [6.07, 6.45) is 0.624. The number of halogens is 2. The smallest absolute Gasteiger partial charge is 0.255 e. The predicted molar refractivity (Wildman–Crippen MR) is 84.7 cm³/mol. The van der Waals surface area contributed by atoms with E-state index in [9.17, 15) is 9.59 Å². The van der Waals surface area contributed by atoms with Crippen molar-refractivity contribution >= 4 is 50.3 Å². The Morgan fingerprint density at radius 1 is 1.47 bits per heavy atom. The molecule has 2 N–H and O–H groups in total. The van der Waals surface area contributed by atoms with Crippen molar-refractivity contribution in [3.05, 3.63) is 31.8 Å². The summed E-state index contributed by atoms with van der Waals surface area (Å²) in [5.74, 6) is -0.387. The van der Waals surface area contributed by atoms with Crippen LogP contribution < -0.4 is 5.73 Å². The molecule has 4 nitrogen and oxygen atoms in total. The van der Waals surface area contributed by atoms with Crippen LogP contribution in [-0.2, 0) is 4.79 Å². The number of primary amides is 1. The first-order valence-corrected chi connectivity index (χ1v) is 7.75. The van der Waals surface area contributed by atoms with Gasteiger partial charge in [-0.15, -0.1) is 0 Å². The summed E-state index contributed by atoms with van der Waals surface area (Å²) in [6, 6.07) is 5.60. The Kier molecular flexibility index (Phi) is 4.20. The highest BCUT2D eigenvalue weighted by Crippen LogP contribution is 2.31. The third-order valence-electron chi connectivity index (χ3n) is 3.51. The average Bonchev–Trinajstić information content (AvgIpc) is 2.76. The highest BCUT2D eigenvalue weighted by Gasteiger charge is 2.41. The fourth-order valence-corrected chi connectivity index (χ4v) is 3.09. The van der Waals surface area contributed by atoms with Gasteiger partial charge in [0.25, 0.3) is 5.91 Å². The third kappa shape index (κ3) is 2.94. The molecule has 0 aromatic heterocycles. The van der Waals surface area contributed by atoms with Crippen LogP contribution >= 0.6 is 38.5 Å². The van der Waals surface area contributed by atoms with E-state index in [0.29, 0.717) is 25.1 Å². The molecule has 2 rings (SSSR count). The van der Waals surface area contributed by atoms with Gasteiger partial charge in [-0.2, -0.15) is 0 Å². The number of benzene rings is 1. The largest absolute Gasteiger partial charge is 0.369 e. The van der Waals surface area contributed by atoms with Gasteiger partial charge in [-0.1, -0.05) is 15.9 Å². The van der Waals surface area contributed by atoms with Crippen molar-refractivity contribution in [3.63, 3.8) is 0 Å². The number of nitrogens with two attached hydrogens (primary N) is 1. The molecule has 0 radical (unpaired) electrons. The first-order valence-electron chi connectivity index (χ1n) is 5.88. The molecule has 1 unspecified atom stereocenters. The van der Waals surface area contributed by atoms with E-state index in [0.717, 1.165) is 8.04 Å². The molecule has 1 aliphatic heterocycles. The zero-order valence-electron chi connectivity index (χ0n) is 10.5. The second-order valence-corrected chi connectivity index (χ2v) is 7.10. The zero-order valence-corrected chi connectivity index (χ0v) is 14.2. The fraction of sp³-hybridized carbons (Fsp3) is 0.385. The van der Waals surface area contributed by atoms with E-state index < -0.39 is 5.41 Å². The summed E-state index contributed by atoms with van der Waals surface area (Å²) in [5, 5.41) is 0. The van der Waals surface area contributed by atoms with Crippen LogP contribution in [0.15, 0.2) is 22.7 Å². The molecule has 0 spiro atoms. The predicted octanol–water partition coefficient (Wildman–Crippen LogP) is 2.39. The molecule has 1 fully saturated rings. The molecule has 1 aliphatic rings. The van der Waals surface area contributed by atoms with E-state index >= 15 is 0 Å². The van der Waals surface area contributed by atoms with E-state index in [1.807, 2.05) is 25.1 Å². The SMILES string of the molecule is CC1(C(N)=O)CCN(C(=O)c2cc(Br)ccc2I)C1. The summed E-state index contributed by atoms with van der Waals surface area (Å²) < 4.78 is 1.77. The van der Waals surface area contributed by atoms with Gasteiger partial charge in [-0.05, 0) is 54.1 Å². The maximum Gasteiger partial charge on any atom is 0.255 e. The van der Waals surface area contributed by atoms with Gasteiger partial charge in [0.15, 0.2) is 0 Å². The van der Waals surface area contributed by atoms with Gasteiger partial charge >= 0.3 is 0 Å². The van der Waals surface area contributed by atoms with Crippen LogP contribution in [0.4, 0.5) is 0 Å². The average molecular weight is 437 g/mol. The number of amides is 2. The molecule has 0 saturated carbocycles. The van der Waals surface area contributed by atoms with E-state index in [-0.39, 0.29) is 11.8 Å². The molecule has 2 amide bonds. The van der Waals surface area contributed by atoms with Crippen LogP contribution in [-0.4, -0.2) is 29.8 Å². The van der Waals surface area contributed by atoms with Crippen LogP contribution in [0, 0.1) is 8.99 Å². The molecule has 1 atom stereocenters. The van der Waals surface area contributed by atoms with Crippen LogP contribution in [0.25, 0.3) is 0 Å². The molecule has 19 heavy (non-hydrogen) atoms. The van der Waals surface area contributed by atoms with Crippen LogP contribution in [0.3, 0.4) is 0 Å². The standard InChI is InChI=1S/C13H14BrIN2O2/c1-13(12(16)19)4-5-17(7-13)11(18)9-6-8(14)2-3-10(9)15/h2-3,6H,4-5,7H2,1H3,(H2,16,19). The first-order chi connectivity index (χ1) is 8.83. The lowest BCUT2D eigenvalue weighted by Gasteiger charge is -2.21. The molecule has 0 bridgehead atoms. The second-order valence-electron chi connectivity index (χ2n) is 5.03. The minimum Gasteiger partial charge on any atom is -0.369 e. The monoisotopic (exact) mass is 436 g/mol. The van der Waals surface area contributed by atoms with Gasteiger partial charge in [-0.3, -0.25) is 9.59 Å². The Hall–Kier alpha value is -0.630. The normalized spacial score (nSPS) is 22.6. The van der Waals surface area contributed by atoms with E-state index in [1.54, 1.807) is 4.90 Å². The lowest BCUT2D eigenvalue weighted by Crippen LogP contribution is -2.38. The van der Waals surface area contributed by atoms with Crippen LogP contribution in [0.2, 0.25) is 0 Å². The van der Waals surface area contributed by atoms with Gasteiger partial charge in [0.2, 0.25) is 5.91 Å². The fourth-order valence-electron chi connectivity index (χ4n) is 2.17. The molecule has 1 aromatic carbocycles. The molecule has 6 heteroatoms. The van der Waals surface area contributed by atoms with Crippen molar-refractivity contribution in [2.45, 2.75) is 13.3 Å². The minimum absolute atomic E-state index is 0.0457. The maximum atomic E-state index is 12.5. The quantitative estimate of drug-likeness (QED) is 0.723. The Balaban J connectivity index is 2.22. The third-order valence-corrected chi connectivity index (χ3v) is 4.95. The number of likely N-dealkylation sites (tertiary alicyclic amines) is 1. The number of carbonyl (C=O) groups is 2. The van der Waals surface area contributed by atoms with Crippen molar-refractivity contribution in [2.24, 2.45) is 11.1 Å². The van der Waals surface area contributed by atoms with Gasteiger partial charge in [-0.25, -0.2) is 0 Å². The van der Waals surface area contributed by atoms with Crippen molar-refractivity contribution < 1.29 is 9.59 Å². The number of carbonyl (C=O) groups excluding carboxylic acids is 2. The topological polar surface area (TPSA) is 63.4 Å². The molecule has 0 aliphatic carbocycles. The molecule has 1 saturated heterocycles. The number of hydrogen-bond acceptors (Lipinski definition) is 2. The summed E-state index contributed by atoms with van der Waals surface area (Å²) in [6.45, 7) is 2.78. The highest BCUT2D eigenvalue weighted by atomic mass is 127. The summed E-state index contributed by atoms with van der Waals surface area (Å²) in [7, 11) is 0. The van der Waals surface area contributed by atoms with Crippen molar-refractivity contribution in [1.82, 2.24) is 4.90 Å². The molecule has 102 valence electrons. The van der Waals surface area contributed by atoms with Gasteiger partial charge in [0.1, 0.15) is 0 Å². The highest BCUT2D eigenvalue weighted by molar-refractivity contribution is 14.1. The lowest BCUT2D eigenvalue weighted by molar-refractivity contribution is -0.126. The molecular weight excluding hydrogens is 423 g/mol. The summed E-state index contributed by atoms with van der Waals surface area (Å²) >= 11 is 5.51. The maximum absolute atomic E-state index is 12.5. The van der Waals surface area contributed by atoms with Gasteiger partial charge in [0.05, 0.1) is 11.0 Å². The van der Waals surface area contributed by atoms with Crippen molar-refractivity contribution in [1.29, 1.82) is 0 Å². The lowest BCUT2D eigenvalue weighted by atomic mass is 9.89. The van der Waals surface area contributed by atoms with Gasteiger partial charge in [0, 0.05) is 21.1 Å². The van der Waals surface area contributed by atoms with Gasteiger partial charge < -0.3 is 10.6 Å². The van der Waals surface area contributed by atoms with Crippen molar-refractivity contribution in [2.75, 3.05) is 13.1 Å². The molecular formula is C13H14BrIN2O2. The first kappa shape index (κ1) is 14.8. The Morgan fingerprint density at radius 3 is 2.74 bits per heavy atom. The van der Waals surface area contributed by atoms with E-state index in [2.05, 4.69) is 38.5 Å². The van der Waals surface area contributed by atoms with E-state index in [1.165, 1.54) is 0 Å².